The molecule has 0 aromatic heterocycles. The summed E-state index contributed by atoms with van der Waals surface area (Å²) >= 11 is 0. The van der Waals surface area contributed by atoms with E-state index >= 15 is 0 Å². The number of para-hydroxylation sites is 1. The van der Waals surface area contributed by atoms with Crippen LogP contribution >= 0.6 is 0 Å². The lowest BCUT2D eigenvalue weighted by Gasteiger charge is -2.23. The highest BCUT2D eigenvalue weighted by atomic mass is 19.1. The first-order valence-corrected chi connectivity index (χ1v) is 6.59. The molecule has 110 valence electrons. The first kappa shape index (κ1) is 14.8. The molecule has 0 unspecified atom stereocenters. The van der Waals surface area contributed by atoms with Crippen molar-refractivity contribution in [1.29, 1.82) is 0 Å². The Hall–Kier alpha value is -2.56. The van der Waals surface area contributed by atoms with Crippen LogP contribution in [0.2, 0.25) is 0 Å². The SMILES string of the molecule is CCOC(=O)c1cccc(N)c1N(C)c1ccc(F)cc1. The number of esters is 1. The van der Waals surface area contributed by atoms with Gasteiger partial charge in [0.05, 0.1) is 23.5 Å². The second-order valence-electron chi connectivity index (χ2n) is 4.50. The molecular weight excluding hydrogens is 271 g/mol. The van der Waals surface area contributed by atoms with Gasteiger partial charge < -0.3 is 15.4 Å². The first-order chi connectivity index (χ1) is 10.0. The van der Waals surface area contributed by atoms with Crippen LogP contribution in [0.25, 0.3) is 0 Å². The summed E-state index contributed by atoms with van der Waals surface area (Å²) in [6, 6.07) is 11.0. The van der Waals surface area contributed by atoms with Gasteiger partial charge in [-0.2, -0.15) is 0 Å². The number of benzene rings is 2. The molecule has 0 atom stereocenters. The van der Waals surface area contributed by atoms with Crippen LogP contribution in [0.5, 0.6) is 0 Å². The second-order valence-corrected chi connectivity index (χ2v) is 4.50. The van der Waals surface area contributed by atoms with Crippen molar-refractivity contribution in [2.45, 2.75) is 6.92 Å². The zero-order valence-electron chi connectivity index (χ0n) is 12.0. The van der Waals surface area contributed by atoms with Crippen molar-refractivity contribution in [2.75, 3.05) is 24.3 Å². The van der Waals surface area contributed by atoms with E-state index in [1.165, 1.54) is 12.1 Å². The Labute approximate surface area is 122 Å². The molecule has 0 saturated carbocycles. The van der Waals surface area contributed by atoms with Crippen molar-refractivity contribution >= 4 is 23.0 Å². The summed E-state index contributed by atoms with van der Waals surface area (Å²) in [6.07, 6.45) is 0. The van der Waals surface area contributed by atoms with Gasteiger partial charge in [0, 0.05) is 12.7 Å². The summed E-state index contributed by atoms with van der Waals surface area (Å²) in [5, 5.41) is 0. The Kier molecular flexibility index (Phi) is 4.42. The fourth-order valence-electron chi connectivity index (χ4n) is 2.10. The standard InChI is InChI=1S/C16H17FN2O2/c1-3-21-16(20)13-5-4-6-14(18)15(13)19(2)12-9-7-11(17)8-10-12/h4-10H,3,18H2,1-2H3. The summed E-state index contributed by atoms with van der Waals surface area (Å²) in [5.74, 6) is -0.757. The highest BCUT2D eigenvalue weighted by Crippen LogP contribution is 2.33. The molecule has 5 heteroatoms. The van der Waals surface area contributed by atoms with Crippen molar-refractivity contribution in [3.8, 4) is 0 Å². The Morgan fingerprint density at radius 2 is 1.90 bits per heavy atom. The maximum atomic E-state index is 13.0. The molecule has 0 bridgehead atoms. The van der Waals surface area contributed by atoms with Crippen LogP contribution in [0.1, 0.15) is 17.3 Å². The van der Waals surface area contributed by atoms with Gasteiger partial charge in [0.2, 0.25) is 0 Å². The van der Waals surface area contributed by atoms with Crippen molar-refractivity contribution in [3.05, 3.63) is 53.8 Å². The van der Waals surface area contributed by atoms with Crippen molar-refractivity contribution in [3.63, 3.8) is 0 Å². The molecule has 0 fully saturated rings. The van der Waals surface area contributed by atoms with E-state index < -0.39 is 5.97 Å². The molecule has 0 saturated heterocycles. The van der Waals surface area contributed by atoms with Crippen molar-refractivity contribution in [1.82, 2.24) is 0 Å². The normalized spacial score (nSPS) is 10.2. The Bertz CT molecular complexity index is 641. The molecule has 0 spiro atoms. The van der Waals surface area contributed by atoms with Crippen molar-refractivity contribution < 1.29 is 13.9 Å². The van der Waals surface area contributed by atoms with Gasteiger partial charge in [0.25, 0.3) is 0 Å². The predicted octanol–water partition coefficient (Wildman–Crippen LogP) is 3.35. The number of rotatable bonds is 4. The average Bonchev–Trinajstić information content (AvgIpc) is 2.47. The lowest BCUT2D eigenvalue weighted by atomic mass is 10.1. The Morgan fingerprint density at radius 3 is 2.52 bits per heavy atom. The fraction of sp³-hybridized carbons (Fsp3) is 0.188. The largest absolute Gasteiger partial charge is 0.462 e. The number of nitrogens with zero attached hydrogens (tertiary/aromatic N) is 1. The number of halogens is 1. The minimum atomic E-state index is -0.436. The maximum Gasteiger partial charge on any atom is 0.340 e. The van der Waals surface area contributed by atoms with E-state index in [-0.39, 0.29) is 12.4 Å². The van der Waals surface area contributed by atoms with Gasteiger partial charge in [0.1, 0.15) is 5.82 Å². The van der Waals surface area contributed by atoms with Gasteiger partial charge >= 0.3 is 5.97 Å². The van der Waals surface area contributed by atoms with E-state index in [0.29, 0.717) is 16.9 Å². The zero-order chi connectivity index (χ0) is 15.4. The summed E-state index contributed by atoms with van der Waals surface area (Å²) in [6.45, 7) is 2.03. The molecule has 0 aliphatic rings. The number of hydrogen-bond acceptors (Lipinski definition) is 4. The van der Waals surface area contributed by atoms with Gasteiger partial charge in [-0.05, 0) is 43.3 Å². The number of carbonyl (C=O) groups excluding carboxylic acids is 1. The predicted molar refractivity (Wildman–Crippen MR) is 81.3 cm³/mol. The number of hydrogen-bond donors (Lipinski definition) is 1. The molecule has 0 amide bonds. The van der Waals surface area contributed by atoms with Crippen LogP contribution in [-0.4, -0.2) is 19.6 Å². The Balaban J connectivity index is 2.46. The quantitative estimate of drug-likeness (QED) is 0.692. The third-order valence-electron chi connectivity index (χ3n) is 3.11. The average molecular weight is 288 g/mol. The van der Waals surface area contributed by atoms with E-state index in [2.05, 4.69) is 0 Å². The third kappa shape index (κ3) is 3.13. The van der Waals surface area contributed by atoms with E-state index in [1.807, 2.05) is 0 Å². The summed E-state index contributed by atoms with van der Waals surface area (Å²) in [7, 11) is 1.77. The van der Waals surface area contributed by atoms with Gasteiger partial charge in [-0.1, -0.05) is 6.07 Å². The van der Waals surface area contributed by atoms with Gasteiger partial charge in [-0.25, -0.2) is 9.18 Å². The summed E-state index contributed by atoms with van der Waals surface area (Å²) in [5.41, 5.74) is 8.10. The molecule has 2 aromatic carbocycles. The number of carbonyl (C=O) groups is 1. The molecule has 0 aliphatic carbocycles. The molecule has 0 radical (unpaired) electrons. The highest BCUT2D eigenvalue weighted by molar-refractivity contribution is 6.00. The molecular formula is C16H17FN2O2. The number of anilines is 3. The molecule has 2 rings (SSSR count). The molecule has 2 N–H and O–H groups in total. The van der Waals surface area contributed by atoms with E-state index in [1.54, 1.807) is 49.2 Å². The van der Waals surface area contributed by atoms with E-state index in [0.717, 1.165) is 5.69 Å². The number of nitrogens with two attached hydrogens (primary N) is 1. The van der Waals surface area contributed by atoms with Crippen LogP contribution in [0.3, 0.4) is 0 Å². The highest BCUT2D eigenvalue weighted by Gasteiger charge is 2.19. The maximum absolute atomic E-state index is 13.0. The lowest BCUT2D eigenvalue weighted by molar-refractivity contribution is 0.0527. The summed E-state index contributed by atoms with van der Waals surface area (Å²) in [4.78, 5) is 13.8. The van der Waals surface area contributed by atoms with Crippen LogP contribution in [0.4, 0.5) is 21.5 Å². The molecule has 0 aliphatic heterocycles. The fourth-order valence-corrected chi connectivity index (χ4v) is 2.10. The van der Waals surface area contributed by atoms with Gasteiger partial charge in [0.15, 0.2) is 0 Å². The monoisotopic (exact) mass is 288 g/mol. The molecule has 21 heavy (non-hydrogen) atoms. The second kappa shape index (κ2) is 6.26. The molecule has 4 nitrogen and oxygen atoms in total. The van der Waals surface area contributed by atoms with Gasteiger partial charge in [-0.15, -0.1) is 0 Å². The molecule has 0 heterocycles. The number of ether oxygens (including phenoxy) is 1. The lowest BCUT2D eigenvalue weighted by Crippen LogP contribution is -2.17. The molecule has 2 aromatic rings. The van der Waals surface area contributed by atoms with Crippen LogP contribution < -0.4 is 10.6 Å². The smallest absolute Gasteiger partial charge is 0.340 e. The van der Waals surface area contributed by atoms with Crippen LogP contribution in [0.15, 0.2) is 42.5 Å². The minimum Gasteiger partial charge on any atom is -0.462 e. The summed E-state index contributed by atoms with van der Waals surface area (Å²) < 4.78 is 18.1. The van der Waals surface area contributed by atoms with E-state index in [4.69, 9.17) is 10.5 Å². The van der Waals surface area contributed by atoms with Crippen LogP contribution in [-0.2, 0) is 4.74 Å². The topological polar surface area (TPSA) is 55.6 Å². The third-order valence-corrected chi connectivity index (χ3v) is 3.11. The zero-order valence-corrected chi connectivity index (χ0v) is 12.0. The first-order valence-electron chi connectivity index (χ1n) is 6.59. The van der Waals surface area contributed by atoms with Crippen molar-refractivity contribution in [2.24, 2.45) is 0 Å². The van der Waals surface area contributed by atoms with Crippen LogP contribution in [0, 0.1) is 5.82 Å². The minimum absolute atomic E-state index is 0.285. The van der Waals surface area contributed by atoms with Gasteiger partial charge in [-0.3, -0.25) is 0 Å². The van der Waals surface area contributed by atoms with E-state index in [9.17, 15) is 9.18 Å². The number of nitrogen functional groups attached to an aromatic ring is 1. The Morgan fingerprint density at radius 1 is 1.24 bits per heavy atom.